The van der Waals surface area contributed by atoms with Gasteiger partial charge in [0.05, 0.1) is 26.4 Å². The Morgan fingerprint density at radius 3 is 0.621 bits per heavy atom. The Kier molecular flexibility index (Phi) is 69.1. The van der Waals surface area contributed by atoms with E-state index in [4.69, 9.17) is 37.0 Å². The lowest BCUT2D eigenvalue weighted by Crippen LogP contribution is -2.30. The van der Waals surface area contributed by atoms with Gasteiger partial charge < -0.3 is 33.8 Å². The Morgan fingerprint density at radius 1 is 0.253 bits per heavy atom. The van der Waals surface area contributed by atoms with E-state index in [0.29, 0.717) is 25.7 Å². The molecular formula is C76H148O17P2. The van der Waals surface area contributed by atoms with Crippen molar-refractivity contribution in [2.45, 2.75) is 425 Å². The van der Waals surface area contributed by atoms with Crippen molar-refractivity contribution in [3.8, 4) is 0 Å². The summed E-state index contributed by atoms with van der Waals surface area (Å²) in [5.41, 5.74) is 0. The maximum atomic E-state index is 13.1. The lowest BCUT2D eigenvalue weighted by molar-refractivity contribution is -0.161. The number of unbranched alkanes of at least 4 members (excludes halogenated alkanes) is 51. The lowest BCUT2D eigenvalue weighted by Gasteiger charge is -2.21. The van der Waals surface area contributed by atoms with E-state index in [0.717, 1.165) is 96.3 Å². The van der Waals surface area contributed by atoms with Crippen LogP contribution in [0.5, 0.6) is 0 Å². The molecule has 0 saturated heterocycles. The smallest absolute Gasteiger partial charge is 0.462 e. The number of rotatable bonds is 77. The second-order valence-corrected chi connectivity index (χ2v) is 30.3. The van der Waals surface area contributed by atoms with Gasteiger partial charge in [0.25, 0.3) is 0 Å². The Morgan fingerprint density at radius 2 is 0.421 bits per heavy atom. The summed E-state index contributed by atoms with van der Waals surface area (Å²) in [6, 6.07) is 0. The van der Waals surface area contributed by atoms with Crippen LogP contribution in [0.1, 0.15) is 407 Å². The molecule has 0 aliphatic rings. The number of esters is 4. The molecule has 0 heterocycles. The second-order valence-electron chi connectivity index (χ2n) is 27.4. The predicted molar refractivity (Wildman–Crippen MR) is 386 cm³/mol. The molecule has 0 bridgehead atoms. The molecule has 0 aromatic heterocycles. The molecule has 0 amide bonds. The zero-order chi connectivity index (χ0) is 69.7. The van der Waals surface area contributed by atoms with Crippen LogP contribution in [-0.4, -0.2) is 96.7 Å². The number of phosphoric acid groups is 2. The first-order valence-corrected chi connectivity index (χ1v) is 42.8. The molecule has 0 saturated carbocycles. The Hall–Kier alpha value is -1.94. The van der Waals surface area contributed by atoms with E-state index in [1.807, 2.05) is 0 Å². The molecule has 0 aliphatic heterocycles. The van der Waals surface area contributed by atoms with Crippen LogP contribution >= 0.6 is 15.6 Å². The van der Waals surface area contributed by atoms with Crippen molar-refractivity contribution in [2.75, 3.05) is 39.6 Å². The molecule has 2 unspecified atom stereocenters. The quantitative estimate of drug-likeness (QED) is 0.0222. The average Bonchev–Trinajstić information content (AvgIpc) is 3.05. The molecule has 0 aromatic carbocycles. The lowest BCUT2D eigenvalue weighted by atomic mass is 10.0. The molecule has 0 aliphatic carbocycles. The van der Waals surface area contributed by atoms with Gasteiger partial charge in [-0.2, -0.15) is 0 Å². The van der Waals surface area contributed by atoms with Gasteiger partial charge in [-0.15, -0.1) is 0 Å². The largest absolute Gasteiger partial charge is 0.472 e. The van der Waals surface area contributed by atoms with E-state index >= 15 is 0 Å². The van der Waals surface area contributed by atoms with E-state index in [9.17, 15) is 43.2 Å². The van der Waals surface area contributed by atoms with Gasteiger partial charge in [-0.05, 0) is 25.7 Å². The minimum Gasteiger partial charge on any atom is -0.462 e. The van der Waals surface area contributed by atoms with Gasteiger partial charge in [0.15, 0.2) is 12.2 Å². The third kappa shape index (κ3) is 70.3. The molecular weight excluding hydrogens is 1250 g/mol. The molecule has 0 fully saturated rings. The standard InChI is InChI=1S/C76H148O17P2/c1-5-9-13-17-20-23-26-29-32-34-36-38-41-43-46-49-53-57-61-74(79)87-67-72(93-76(81)63-59-55-51-48-45-42-39-37-35-33-30-27-24-21-18-14-10-6-2)69-91-95(84,85)89-65-70(77)64-88-94(82,83)90-68-71(66-86-73(78)60-56-52-16-12-8-4)92-75(80)62-58-54-50-47-44-40-31-28-25-22-19-15-11-7-3/h70-72,77H,5-69H2,1-4H3,(H,82,83)(H,84,85)/t70-,71+,72+/m0/s1. The molecule has 3 N–H and O–H groups in total. The number of carbonyl (C=O) groups excluding carboxylic acids is 4. The first kappa shape index (κ1) is 93.1. The van der Waals surface area contributed by atoms with Crippen molar-refractivity contribution in [3.63, 3.8) is 0 Å². The number of hydrogen-bond donors (Lipinski definition) is 3. The highest BCUT2D eigenvalue weighted by Crippen LogP contribution is 2.45. The van der Waals surface area contributed by atoms with Gasteiger partial charge >= 0.3 is 39.5 Å². The minimum absolute atomic E-state index is 0.108. The zero-order valence-electron chi connectivity index (χ0n) is 61.6. The van der Waals surface area contributed by atoms with E-state index in [2.05, 4.69) is 27.7 Å². The average molecular weight is 1400 g/mol. The summed E-state index contributed by atoms with van der Waals surface area (Å²) in [4.78, 5) is 72.5. The van der Waals surface area contributed by atoms with Crippen LogP contribution in [0.4, 0.5) is 0 Å². The monoisotopic (exact) mass is 1400 g/mol. The molecule has 564 valence electrons. The van der Waals surface area contributed by atoms with Crippen LogP contribution in [0.2, 0.25) is 0 Å². The van der Waals surface area contributed by atoms with E-state index < -0.39 is 97.5 Å². The highest BCUT2D eigenvalue weighted by atomic mass is 31.2. The minimum atomic E-state index is -4.95. The predicted octanol–water partition coefficient (Wildman–Crippen LogP) is 22.6. The van der Waals surface area contributed by atoms with Gasteiger partial charge in [0, 0.05) is 25.7 Å². The van der Waals surface area contributed by atoms with Gasteiger partial charge in [0.1, 0.15) is 19.3 Å². The maximum Gasteiger partial charge on any atom is 0.472 e. The SMILES string of the molecule is CCCCCCCCCCCCCCCCCCCCC(=O)OC[C@H](COP(=O)(O)OC[C@@H](O)COP(=O)(O)OC[C@@H](COC(=O)CCCCCCC)OC(=O)CCCCCCCCCCCCCCCC)OC(=O)CCCCCCCCCCCCCCCCCCCC. The number of phosphoric ester groups is 2. The second kappa shape index (κ2) is 70.5. The van der Waals surface area contributed by atoms with Crippen LogP contribution in [0.15, 0.2) is 0 Å². The van der Waals surface area contributed by atoms with Crippen LogP contribution in [0.25, 0.3) is 0 Å². The normalized spacial score (nSPS) is 13.9. The Bertz CT molecular complexity index is 1810. The summed E-state index contributed by atoms with van der Waals surface area (Å²) in [6.45, 7) is 4.91. The van der Waals surface area contributed by atoms with Gasteiger partial charge in [-0.25, -0.2) is 9.13 Å². The van der Waals surface area contributed by atoms with Crippen LogP contribution in [0.3, 0.4) is 0 Å². The summed E-state index contributed by atoms with van der Waals surface area (Å²) in [5, 5.41) is 10.6. The molecule has 0 spiro atoms. The molecule has 0 rings (SSSR count). The number of hydrogen-bond acceptors (Lipinski definition) is 15. The number of aliphatic hydroxyl groups excluding tert-OH is 1. The number of carbonyl (C=O) groups is 4. The fourth-order valence-corrected chi connectivity index (χ4v) is 13.3. The van der Waals surface area contributed by atoms with E-state index in [-0.39, 0.29) is 25.7 Å². The maximum absolute atomic E-state index is 13.1. The Labute approximate surface area is 581 Å². The summed E-state index contributed by atoms with van der Waals surface area (Å²) >= 11 is 0. The summed E-state index contributed by atoms with van der Waals surface area (Å²) in [7, 11) is -9.90. The van der Waals surface area contributed by atoms with Gasteiger partial charge in [0.2, 0.25) is 0 Å². The third-order valence-corrected chi connectivity index (χ3v) is 19.8. The van der Waals surface area contributed by atoms with Crippen molar-refractivity contribution < 1.29 is 80.2 Å². The van der Waals surface area contributed by atoms with Gasteiger partial charge in [-0.3, -0.25) is 37.3 Å². The molecule has 0 radical (unpaired) electrons. The third-order valence-electron chi connectivity index (χ3n) is 17.9. The van der Waals surface area contributed by atoms with Crippen molar-refractivity contribution in [2.24, 2.45) is 0 Å². The summed E-state index contributed by atoms with van der Waals surface area (Å²) < 4.78 is 68.3. The van der Waals surface area contributed by atoms with Crippen molar-refractivity contribution in [1.82, 2.24) is 0 Å². The molecule has 17 nitrogen and oxygen atoms in total. The summed E-state index contributed by atoms with van der Waals surface area (Å²) in [5.74, 6) is -2.12. The molecule has 95 heavy (non-hydrogen) atoms. The topological polar surface area (TPSA) is 237 Å². The molecule has 5 atom stereocenters. The van der Waals surface area contributed by atoms with E-state index in [1.54, 1.807) is 0 Å². The van der Waals surface area contributed by atoms with E-state index in [1.165, 1.54) is 231 Å². The fraction of sp³-hybridized carbons (Fsp3) is 0.947. The Balaban J connectivity index is 5.13. The fourth-order valence-electron chi connectivity index (χ4n) is 11.8. The van der Waals surface area contributed by atoms with Crippen LogP contribution in [0, 0.1) is 0 Å². The van der Waals surface area contributed by atoms with Crippen molar-refractivity contribution in [3.05, 3.63) is 0 Å². The molecule has 19 heteroatoms. The van der Waals surface area contributed by atoms with Crippen molar-refractivity contribution in [1.29, 1.82) is 0 Å². The molecule has 0 aromatic rings. The highest BCUT2D eigenvalue weighted by Gasteiger charge is 2.30. The number of aliphatic hydroxyl groups is 1. The van der Waals surface area contributed by atoms with Crippen molar-refractivity contribution >= 4 is 39.5 Å². The zero-order valence-corrected chi connectivity index (χ0v) is 63.4. The first-order valence-electron chi connectivity index (χ1n) is 39.8. The summed E-state index contributed by atoms with van der Waals surface area (Å²) in [6.07, 6.45) is 61.4. The number of ether oxygens (including phenoxy) is 4. The highest BCUT2D eigenvalue weighted by molar-refractivity contribution is 7.47. The van der Waals surface area contributed by atoms with Crippen LogP contribution < -0.4 is 0 Å². The van der Waals surface area contributed by atoms with Crippen LogP contribution in [-0.2, 0) is 65.4 Å². The first-order chi connectivity index (χ1) is 46.2. The van der Waals surface area contributed by atoms with Gasteiger partial charge in [-0.1, -0.05) is 355 Å².